The zero-order valence-electron chi connectivity index (χ0n) is 12.8. The van der Waals surface area contributed by atoms with E-state index in [4.69, 9.17) is 5.73 Å². The van der Waals surface area contributed by atoms with E-state index in [0.29, 0.717) is 11.5 Å². The van der Waals surface area contributed by atoms with Gasteiger partial charge in [0.2, 0.25) is 5.91 Å². The molecule has 0 aliphatic heterocycles. The molecule has 0 saturated carbocycles. The molecule has 21 heavy (non-hydrogen) atoms. The maximum Gasteiger partial charge on any atom is 0.241 e. The lowest BCUT2D eigenvalue weighted by molar-refractivity contribution is -0.127. The van der Waals surface area contributed by atoms with Crippen molar-refractivity contribution in [2.24, 2.45) is 0 Å². The Hall–Kier alpha value is -1.35. The molecular weight excluding hydrogens is 312 g/mol. The average Bonchev–Trinajstić information content (AvgIpc) is 2.80. The van der Waals surface area contributed by atoms with E-state index in [1.54, 1.807) is 25.9 Å². The van der Waals surface area contributed by atoms with Crippen molar-refractivity contribution in [3.63, 3.8) is 0 Å². The highest BCUT2D eigenvalue weighted by molar-refractivity contribution is 7.91. The molecule has 0 bridgehead atoms. The van der Waals surface area contributed by atoms with E-state index < -0.39 is 9.84 Å². The Kier molecular flexibility index (Phi) is 5.97. The molecule has 2 N–H and O–H groups in total. The number of nitrogen functional groups attached to an aromatic ring is 1. The Morgan fingerprint density at radius 1 is 1.33 bits per heavy atom. The summed E-state index contributed by atoms with van der Waals surface area (Å²) in [6.45, 7) is 4.19. The Balaban J connectivity index is 3.24. The molecule has 1 rings (SSSR count). The van der Waals surface area contributed by atoms with E-state index in [1.165, 1.54) is 4.90 Å². The van der Waals surface area contributed by atoms with Crippen LogP contribution in [0.3, 0.4) is 0 Å². The highest BCUT2D eigenvalue weighted by Gasteiger charge is 2.28. The molecule has 0 atom stereocenters. The first-order valence-electron chi connectivity index (χ1n) is 6.67. The summed E-state index contributed by atoms with van der Waals surface area (Å²) < 4.78 is 28.4. The number of carbonyl (C=O) groups excluding carboxylic acids is 1. The second kappa shape index (κ2) is 7.08. The Morgan fingerprint density at radius 3 is 2.43 bits per heavy atom. The molecule has 1 heterocycles. The molecule has 9 heteroatoms. The van der Waals surface area contributed by atoms with Crippen LogP contribution in [0, 0.1) is 0 Å². The van der Waals surface area contributed by atoms with Crippen LogP contribution in [-0.4, -0.2) is 56.5 Å². The minimum absolute atomic E-state index is 0.00950. The lowest BCUT2D eigenvalue weighted by atomic mass is 10.4. The predicted octanol–water partition coefficient (Wildman–Crippen LogP) is 0.824. The van der Waals surface area contributed by atoms with Crippen molar-refractivity contribution < 1.29 is 13.2 Å². The van der Waals surface area contributed by atoms with Gasteiger partial charge in [0.1, 0.15) is 9.90 Å². The summed E-state index contributed by atoms with van der Waals surface area (Å²) in [6.07, 6.45) is 0.782. The van der Waals surface area contributed by atoms with E-state index in [9.17, 15) is 13.2 Å². The number of rotatable bonds is 7. The summed E-state index contributed by atoms with van der Waals surface area (Å²) in [6, 6.07) is 0. The van der Waals surface area contributed by atoms with Gasteiger partial charge in [-0.1, -0.05) is 13.8 Å². The summed E-state index contributed by atoms with van der Waals surface area (Å²) in [4.78, 5) is 15.2. The van der Waals surface area contributed by atoms with Gasteiger partial charge >= 0.3 is 0 Å². The van der Waals surface area contributed by atoms with E-state index in [2.05, 4.69) is 4.37 Å². The van der Waals surface area contributed by atoms with Gasteiger partial charge < -0.3 is 15.5 Å². The minimum atomic E-state index is -3.48. The van der Waals surface area contributed by atoms with Crippen LogP contribution in [0.25, 0.3) is 0 Å². The van der Waals surface area contributed by atoms with Crippen LogP contribution in [0.2, 0.25) is 0 Å². The van der Waals surface area contributed by atoms with Gasteiger partial charge in [0.25, 0.3) is 0 Å². The van der Waals surface area contributed by atoms with E-state index in [-0.39, 0.29) is 28.9 Å². The standard InChI is InChI=1S/C12H22N4O3S2/c1-5-7-16(8-9(17)15(3)4)12-10(11(13)14-20-12)21(18,19)6-2/h5-8H2,1-4H3,(H2,13,14). The summed E-state index contributed by atoms with van der Waals surface area (Å²) in [7, 11) is -0.151. The van der Waals surface area contributed by atoms with Crippen molar-refractivity contribution in [3.05, 3.63) is 0 Å². The van der Waals surface area contributed by atoms with E-state index >= 15 is 0 Å². The van der Waals surface area contributed by atoms with Gasteiger partial charge in [-0.05, 0) is 18.0 Å². The van der Waals surface area contributed by atoms with Crippen molar-refractivity contribution in [1.29, 1.82) is 0 Å². The topological polar surface area (TPSA) is 96.6 Å². The first-order valence-corrected chi connectivity index (χ1v) is 9.10. The van der Waals surface area contributed by atoms with Gasteiger partial charge in [0.15, 0.2) is 15.7 Å². The number of anilines is 2. The normalized spacial score (nSPS) is 11.4. The largest absolute Gasteiger partial charge is 0.382 e. The number of likely N-dealkylation sites (N-methyl/N-ethyl adjacent to an activating group) is 1. The first kappa shape index (κ1) is 17.7. The van der Waals surface area contributed by atoms with Gasteiger partial charge in [0.05, 0.1) is 12.3 Å². The molecule has 120 valence electrons. The van der Waals surface area contributed by atoms with Crippen LogP contribution in [0.5, 0.6) is 0 Å². The molecular formula is C12H22N4O3S2. The van der Waals surface area contributed by atoms with Gasteiger partial charge in [-0.25, -0.2) is 8.42 Å². The highest BCUT2D eigenvalue weighted by atomic mass is 32.2. The lowest BCUT2D eigenvalue weighted by Gasteiger charge is -2.24. The smallest absolute Gasteiger partial charge is 0.241 e. The molecule has 0 saturated heterocycles. The Labute approximate surface area is 129 Å². The molecule has 1 aromatic heterocycles. The highest BCUT2D eigenvalue weighted by Crippen LogP contribution is 2.35. The number of hydrogen-bond acceptors (Lipinski definition) is 7. The molecule has 0 spiro atoms. The molecule has 0 fully saturated rings. The number of carbonyl (C=O) groups is 1. The lowest BCUT2D eigenvalue weighted by Crippen LogP contribution is -2.37. The monoisotopic (exact) mass is 334 g/mol. The van der Waals surface area contributed by atoms with Crippen LogP contribution in [-0.2, 0) is 14.6 Å². The number of hydrogen-bond donors (Lipinski definition) is 1. The number of nitrogens with zero attached hydrogens (tertiary/aromatic N) is 3. The van der Waals surface area contributed by atoms with Gasteiger partial charge in [-0.15, -0.1) is 0 Å². The van der Waals surface area contributed by atoms with Gasteiger partial charge in [-0.3, -0.25) is 4.79 Å². The second-order valence-corrected chi connectivity index (χ2v) is 7.78. The summed E-state index contributed by atoms with van der Waals surface area (Å²) in [5.41, 5.74) is 5.73. The van der Waals surface area contributed by atoms with Crippen molar-refractivity contribution in [3.8, 4) is 0 Å². The van der Waals surface area contributed by atoms with Crippen molar-refractivity contribution in [2.75, 3.05) is 43.6 Å². The fourth-order valence-corrected chi connectivity index (χ4v) is 4.08. The van der Waals surface area contributed by atoms with Gasteiger partial charge in [0, 0.05) is 20.6 Å². The summed E-state index contributed by atoms with van der Waals surface area (Å²) >= 11 is 1.02. The SMILES string of the molecule is CCCN(CC(=O)N(C)C)c1snc(N)c1S(=O)(=O)CC. The number of sulfone groups is 1. The second-order valence-electron chi connectivity index (χ2n) is 4.82. The fourth-order valence-electron chi connectivity index (χ4n) is 1.75. The van der Waals surface area contributed by atoms with Crippen LogP contribution in [0.15, 0.2) is 4.90 Å². The summed E-state index contributed by atoms with van der Waals surface area (Å²) in [5, 5.41) is 0.450. The number of nitrogens with two attached hydrogens (primary N) is 1. The minimum Gasteiger partial charge on any atom is -0.382 e. The third-order valence-corrected chi connectivity index (χ3v) is 5.79. The van der Waals surface area contributed by atoms with Gasteiger partial charge in [-0.2, -0.15) is 4.37 Å². The molecule has 0 unspecified atom stereocenters. The Morgan fingerprint density at radius 2 is 1.95 bits per heavy atom. The molecule has 0 aromatic carbocycles. The van der Waals surface area contributed by atoms with E-state index in [1.807, 2.05) is 6.92 Å². The van der Waals surface area contributed by atoms with Crippen LogP contribution in [0.1, 0.15) is 20.3 Å². The molecule has 0 radical (unpaired) electrons. The molecule has 7 nitrogen and oxygen atoms in total. The number of amides is 1. The number of aromatic nitrogens is 1. The fraction of sp³-hybridized carbons (Fsp3) is 0.667. The van der Waals surface area contributed by atoms with E-state index in [0.717, 1.165) is 18.0 Å². The zero-order valence-corrected chi connectivity index (χ0v) is 14.4. The predicted molar refractivity (Wildman–Crippen MR) is 85.5 cm³/mol. The first-order chi connectivity index (χ1) is 9.74. The summed E-state index contributed by atoms with van der Waals surface area (Å²) in [5.74, 6) is -0.143. The van der Waals surface area contributed by atoms with Crippen molar-refractivity contribution in [1.82, 2.24) is 9.27 Å². The molecule has 0 aliphatic carbocycles. The maximum absolute atomic E-state index is 12.2. The van der Waals surface area contributed by atoms with Crippen LogP contribution >= 0.6 is 11.5 Å². The maximum atomic E-state index is 12.2. The third kappa shape index (κ3) is 4.07. The van der Waals surface area contributed by atoms with Crippen LogP contribution in [0.4, 0.5) is 10.8 Å². The van der Waals surface area contributed by atoms with Crippen molar-refractivity contribution in [2.45, 2.75) is 25.2 Å². The quantitative estimate of drug-likeness (QED) is 0.793. The molecule has 1 aromatic rings. The molecule has 1 amide bonds. The third-order valence-electron chi connectivity index (χ3n) is 2.95. The Bertz CT molecular complexity index is 596. The zero-order chi connectivity index (χ0) is 16.2. The van der Waals surface area contributed by atoms with Crippen molar-refractivity contribution >= 4 is 38.1 Å². The molecule has 0 aliphatic rings. The van der Waals surface area contributed by atoms with Crippen LogP contribution < -0.4 is 10.6 Å². The average molecular weight is 334 g/mol.